The van der Waals surface area contributed by atoms with Crippen molar-refractivity contribution in [1.82, 2.24) is 19.7 Å². The molecule has 0 radical (unpaired) electrons. The highest BCUT2D eigenvalue weighted by Gasteiger charge is 2.14. The molecule has 7 heteroatoms. The third-order valence-corrected chi connectivity index (χ3v) is 4.11. The molecule has 0 unspecified atom stereocenters. The molecule has 0 fully saturated rings. The highest BCUT2D eigenvalue weighted by molar-refractivity contribution is 14.0. The van der Waals surface area contributed by atoms with Crippen LogP contribution in [0.4, 0.5) is 0 Å². The molecule has 22 heavy (non-hydrogen) atoms. The van der Waals surface area contributed by atoms with Crippen molar-refractivity contribution in [2.45, 2.75) is 58.9 Å². The van der Waals surface area contributed by atoms with E-state index in [-0.39, 0.29) is 24.0 Å². The van der Waals surface area contributed by atoms with Crippen LogP contribution in [0, 0.1) is 0 Å². The van der Waals surface area contributed by atoms with E-state index < -0.39 is 0 Å². The predicted molar refractivity (Wildman–Crippen MR) is 101 cm³/mol. The average molecular weight is 420 g/mol. The molecule has 0 bridgehead atoms. The second-order valence-corrected chi connectivity index (χ2v) is 5.51. The van der Waals surface area contributed by atoms with Crippen molar-refractivity contribution in [3.8, 4) is 0 Å². The number of hydrogen-bond acceptors (Lipinski definition) is 3. The Labute approximate surface area is 150 Å². The Bertz CT molecular complexity index is 467. The van der Waals surface area contributed by atoms with Gasteiger partial charge in [0.15, 0.2) is 5.96 Å². The summed E-state index contributed by atoms with van der Waals surface area (Å²) in [5.41, 5.74) is 5.97. The number of nitrogens with zero attached hydrogens (tertiary/aromatic N) is 5. The number of guanidine groups is 1. The smallest absolute Gasteiger partial charge is 0.191 e. The normalized spacial score (nSPS) is 14.9. The molecule has 0 amide bonds. The molecule has 0 spiro atoms. The van der Waals surface area contributed by atoms with E-state index in [0.717, 1.165) is 57.1 Å². The van der Waals surface area contributed by atoms with Crippen LogP contribution in [0.15, 0.2) is 4.99 Å². The minimum atomic E-state index is 0. The number of aromatic nitrogens is 3. The highest BCUT2D eigenvalue weighted by Crippen LogP contribution is 2.15. The van der Waals surface area contributed by atoms with Crippen molar-refractivity contribution in [2.24, 2.45) is 10.7 Å². The van der Waals surface area contributed by atoms with Crippen LogP contribution in [0.2, 0.25) is 0 Å². The van der Waals surface area contributed by atoms with Gasteiger partial charge in [-0.15, -0.1) is 34.2 Å². The molecule has 126 valence electrons. The van der Waals surface area contributed by atoms with Gasteiger partial charge in [-0.2, -0.15) is 0 Å². The molecule has 0 saturated carbocycles. The second-order valence-electron chi connectivity index (χ2n) is 5.51. The van der Waals surface area contributed by atoms with E-state index in [1.165, 1.54) is 19.3 Å². The average Bonchev–Trinajstić information content (AvgIpc) is 2.72. The summed E-state index contributed by atoms with van der Waals surface area (Å²) >= 11 is 0. The Morgan fingerprint density at radius 2 is 2.00 bits per heavy atom. The van der Waals surface area contributed by atoms with Crippen molar-refractivity contribution >= 4 is 29.9 Å². The Balaban J connectivity index is 0.00000242. The molecule has 0 atom stereocenters. The number of hydrogen-bond donors (Lipinski definition) is 1. The lowest BCUT2D eigenvalue weighted by atomic mass is 10.2. The summed E-state index contributed by atoms with van der Waals surface area (Å²) in [5.74, 6) is 2.93. The highest BCUT2D eigenvalue weighted by atomic mass is 127. The third-order valence-electron chi connectivity index (χ3n) is 4.11. The number of rotatable bonds is 6. The van der Waals surface area contributed by atoms with Gasteiger partial charge in [0.05, 0.1) is 0 Å². The van der Waals surface area contributed by atoms with Crippen LogP contribution in [0.1, 0.15) is 51.2 Å². The SMILES string of the molecule is CCN(CC)C(N)=NCCCc1nnc2n1CCCCC2.I. The van der Waals surface area contributed by atoms with Crippen LogP contribution in [-0.2, 0) is 19.4 Å². The predicted octanol–water partition coefficient (Wildman–Crippen LogP) is 2.21. The van der Waals surface area contributed by atoms with Gasteiger partial charge in [-0.25, -0.2) is 0 Å². The van der Waals surface area contributed by atoms with E-state index in [1.54, 1.807) is 0 Å². The van der Waals surface area contributed by atoms with Crippen LogP contribution in [0.25, 0.3) is 0 Å². The third kappa shape index (κ3) is 5.10. The molecule has 1 aliphatic rings. The molecule has 1 aromatic heterocycles. The first-order chi connectivity index (χ1) is 10.3. The Hall–Kier alpha value is -0.860. The van der Waals surface area contributed by atoms with Crippen molar-refractivity contribution in [2.75, 3.05) is 19.6 Å². The summed E-state index contributed by atoms with van der Waals surface area (Å²) in [6, 6.07) is 0. The quantitative estimate of drug-likeness (QED) is 0.332. The number of aryl methyl sites for hydroxylation is 2. The van der Waals surface area contributed by atoms with E-state index in [1.807, 2.05) is 0 Å². The Kier molecular flexibility index (Phi) is 8.74. The van der Waals surface area contributed by atoms with E-state index in [4.69, 9.17) is 5.73 Å². The van der Waals surface area contributed by atoms with Gasteiger partial charge >= 0.3 is 0 Å². The van der Waals surface area contributed by atoms with Crippen LogP contribution >= 0.6 is 24.0 Å². The molecule has 1 aromatic rings. The standard InChI is InChI=1S/C15H28N6.HI/c1-3-20(4-2)15(16)17-11-8-10-14-19-18-13-9-6-5-7-12-21(13)14;/h3-12H2,1-2H3,(H2,16,17);1H. The second kappa shape index (κ2) is 10.0. The molecule has 0 aliphatic carbocycles. The molecular formula is C15H29IN6. The number of fused-ring (bicyclic) bond motifs is 1. The summed E-state index contributed by atoms with van der Waals surface area (Å²) in [7, 11) is 0. The molecular weight excluding hydrogens is 391 g/mol. The molecule has 1 aliphatic heterocycles. The van der Waals surface area contributed by atoms with Gasteiger partial charge in [0.1, 0.15) is 11.6 Å². The van der Waals surface area contributed by atoms with Crippen LogP contribution in [0.5, 0.6) is 0 Å². The fraction of sp³-hybridized carbons (Fsp3) is 0.800. The molecule has 0 saturated heterocycles. The minimum absolute atomic E-state index is 0. The first-order valence-corrected chi connectivity index (χ1v) is 8.22. The Morgan fingerprint density at radius 3 is 2.73 bits per heavy atom. The Morgan fingerprint density at radius 1 is 1.23 bits per heavy atom. The summed E-state index contributed by atoms with van der Waals surface area (Å²) in [5, 5.41) is 8.68. The summed E-state index contributed by atoms with van der Waals surface area (Å²) in [4.78, 5) is 6.53. The lowest BCUT2D eigenvalue weighted by Gasteiger charge is -2.19. The summed E-state index contributed by atoms with van der Waals surface area (Å²) in [6.07, 6.45) is 6.75. The van der Waals surface area contributed by atoms with E-state index in [0.29, 0.717) is 5.96 Å². The first kappa shape index (κ1) is 19.2. The monoisotopic (exact) mass is 420 g/mol. The van der Waals surface area contributed by atoms with Crippen LogP contribution < -0.4 is 5.73 Å². The minimum Gasteiger partial charge on any atom is -0.370 e. The van der Waals surface area contributed by atoms with Gasteiger partial charge in [-0.1, -0.05) is 6.42 Å². The summed E-state index contributed by atoms with van der Waals surface area (Å²) in [6.45, 7) is 7.83. The van der Waals surface area contributed by atoms with Gasteiger partial charge in [-0.3, -0.25) is 4.99 Å². The van der Waals surface area contributed by atoms with Gasteiger partial charge in [0.25, 0.3) is 0 Å². The zero-order valence-corrected chi connectivity index (χ0v) is 16.1. The molecule has 2 N–H and O–H groups in total. The van der Waals surface area contributed by atoms with Gasteiger partial charge in [-0.05, 0) is 33.1 Å². The lowest BCUT2D eigenvalue weighted by Crippen LogP contribution is -2.37. The van der Waals surface area contributed by atoms with Gasteiger partial charge in [0, 0.05) is 39.0 Å². The number of nitrogens with two attached hydrogens (primary N) is 1. The zero-order valence-electron chi connectivity index (χ0n) is 13.8. The van der Waals surface area contributed by atoms with E-state index >= 15 is 0 Å². The molecule has 0 aromatic carbocycles. The first-order valence-electron chi connectivity index (χ1n) is 8.22. The molecule has 2 heterocycles. The summed E-state index contributed by atoms with van der Waals surface area (Å²) < 4.78 is 2.31. The van der Waals surface area contributed by atoms with Crippen molar-refractivity contribution < 1.29 is 0 Å². The van der Waals surface area contributed by atoms with Crippen molar-refractivity contribution in [3.05, 3.63) is 11.6 Å². The van der Waals surface area contributed by atoms with E-state index in [2.05, 4.69) is 38.5 Å². The molecule has 2 rings (SSSR count). The van der Waals surface area contributed by atoms with Crippen molar-refractivity contribution in [3.63, 3.8) is 0 Å². The maximum atomic E-state index is 5.97. The fourth-order valence-electron chi connectivity index (χ4n) is 2.81. The fourth-order valence-corrected chi connectivity index (χ4v) is 2.81. The maximum absolute atomic E-state index is 5.97. The largest absolute Gasteiger partial charge is 0.370 e. The topological polar surface area (TPSA) is 72.3 Å². The van der Waals surface area contributed by atoms with Gasteiger partial charge in [0.2, 0.25) is 0 Å². The van der Waals surface area contributed by atoms with Crippen LogP contribution in [0.3, 0.4) is 0 Å². The lowest BCUT2D eigenvalue weighted by molar-refractivity contribution is 0.458. The number of halogens is 1. The van der Waals surface area contributed by atoms with Gasteiger partial charge < -0.3 is 15.2 Å². The van der Waals surface area contributed by atoms with Crippen molar-refractivity contribution in [1.29, 1.82) is 0 Å². The van der Waals surface area contributed by atoms with E-state index in [9.17, 15) is 0 Å². The zero-order chi connectivity index (χ0) is 15.1. The number of aliphatic imine (C=N–C) groups is 1. The molecule has 6 nitrogen and oxygen atoms in total. The van der Waals surface area contributed by atoms with Crippen LogP contribution in [-0.4, -0.2) is 45.3 Å². The maximum Gasteiger partial charge on any atom is 0.191 e.